The predicted octanol–water partition coefficient (Wildman–Crippen LogP) is 3.02. The zero-order chi connectivity index (χ0) is 18.3. The van der Waals surface area contributed by atoms with Gasteiger partial charge in [-0.2, -0.15) is 0 Å². The van der Waals surface area contributed by atoms with Gasteiger partial charge in [0.25, 0.3) is 5.78 Å². The summed E-state index contributed by atoms with van der Waals surface area (Å²) < 4.78 is 15.9. The zero-order valence-corrected chi connectivity index (χ0v) is 14.1. The molecule has 2 aromatic rings. The molecule has 2 aromatic carbocycles. The molecule has 0 amide bonds. The Bertz CT molecular complexity index is 913. The lowest BCUT2D eigenvalue weighted by Crippen LogP contribution is -2.12. The molecule has 0 saturated heterocycles. The van der Waals surface area contributed by atoms with Gasteiger partial charge in [-0.05, 0) is 36.2 Å². The second-order valence-electron chi connectivity index (χ2n) is 6.23. The standard InChI is InChI=1S/C20H16O6/c1-2-3-8-24-12-6-4-11(5-7-12)17-13-9-16-14(18(21)20(23)26-16)10-15(13)25-19(17)22/h4-7,9-10,17H,2-3,8H2,1H3. The van der Waals surface area contributed by atoms with E-state index in [0.29, 0.717) is 12.2 Å². The van der Waals surface area contributed by atoms with Crippen LogP contribution in [0.1, 0.15) is 47.2 Å². The van der Waals surface area contributed by atoms with Crippen molar-refractivity contribution in [2.75, 3.05) is 6.61 Å². The predicted molar refractivity (Wildman–Crippen MR) is 90.7 cm³/mol. The molecular weight excluding hydrogens is 336 g/mol. The number of esters is 2. The topological polar surface area (TPSA) is 78.9 Å². The van der Waals surface area contributed by atoms with E-state index in [2.05, 4.69) is 6.92 Å². The molecule has 6 heteroatoms. The molecule has 0 N–H and O–H groups in total. The van der Waals surface area contributed by atoms with Gasteiger partial charge in [-0.3, -0.25) is 9.59 Å². The Morgan fingerprint density at radius 3 is 2.50 bits per heavy atom. The van der Waals surface area contributed by atoms with Crippen molar-refractivity contribution in [2.24, 2.45) is 0 Å². The normalized spacial score (nSPS) is 17.6. The fourth-order valence-corrected chi connectivity index (χ4v) is 3.11. The Labute approximate surface area is 149 Å². The van der Waals surface area contributed by atoms with Crippen LogP contribution in [0.2, 0.25) is 0 Å². The number of Topliss-reactive ketones (excluding diaryl/α,β-unsaturated/α-hetero) is 1. The fraction of sp³-hybridized carbons (Fsp3) is 0.250. The van der Waals surface area contributed by atoms with Gasteiger partial charge in [-0.25, -0.2) is 4.79 Å². The second-order valence-corrected chi connectivity index (χ2v) is 6.23. The summed E-state index contributed by atoms with van der Waals surface area (Å²) in [5, 5.41) is 0. The molecule has 2 aliphatic heterocycles. The van der Waals surface area contributed by atoms with Crippen molar-refractivity contribution in [3.8, 4) is 17.2 Å². The third kappa shape index (κ3) is 2.63. The van der Waals surface area contributed by atoms with Crippen molar-refractivity contribution in [1.29, 1.82) is 0 Å². The van der Waals surface area contributed by atoms with Gasteiger partial charge >= 0.3 is 11.9 Å². The maximum atomic E-state index is 12.4. The molecule has 132 valence electrons. The van der Waals surface area contributed by atoms with Crippen molar-refractivity contribution < 1.29 is 28.6 Å². The molecule has 0 radical (unpaired) electrons. The first-order valence-corrected chi connectivity index (χ1v) is 8.47. The van der Waals surface area contributed by atoms with Gasteiger partial charge < -0.3 is 14.2 Å². The number of carbonyl (C=O) groups excluding carboxylic acids is 3. The average Bonchev–Trinajstić information content (AvgIpc) is 3.09. The number of unbranched alkanes of at least 4 members (excludes halogenated alkanes) is 1. The molecule has 26 heavy (non-hydrogen) atoms. The van der Waals surface area contributed by atoms with E-state index < -0.39 is 23.6 Å². The number of fused-ring (bicyclic) bond motifs is 2. The Morgan fingerprint density at radius 2 is 1.77 bits per heavy atom. The van der Waals surface area contributed by atoms with Crippen molar-refractivity contribution >= 4 is 17.7 Å². The summed E-state index contributed by atoms with van der Waals surface area (Å²) >= 11 is 0. The Kier molecular flexibility index (Phi) is 3.95. The van der Waals surface area contributed by atoms with Crippen LogP contribution in [0.25, 0.3) is 0 Å². The maximum Gasteiger partial charge on any atom is 0.385 e. The van der Waals surface area contributed by atoms with Gasteiger partial charge in [-0.15, -0.1) is 0 Å². The molecule has 0 saturated carbocycles. The summed E-state index contributed by atoms with van der Waals surface area (Å²) in [6.45, 7) is 2.74. The van der Waals surface area contributed by atoms with Crippen LogP contribution in [-0.2, 0) is 9.59 Å². The van der Waals surface area contributed by atoms with Gasteiger partial charge in [-0.1, -0.05) is 25.5 Å². The molecule has 2 aliphatic rings. The second kappa shape index (κ2) is 6.29. The van der Waals surface area contributed by atoms with Crippen LogP contribution in [0.4, 0.5) is 0 Å². The van der Waals surface area contributed by atoms with Gasteiger partial charge in [0.15, 0.2) is 0 Å². The summed E-state index contributed by atoms with van der Waals surface area (Å²) in [6, 6.07) is 10.2. The van der Waals surface area contributed by atoms with Crippen molar-refractivity contribution in [3.05, 3.63) is 53.1 Å². The van der Waals surface area contributed by atoms with Crippen molar-refractivity contribution in [2.45, 2.75) is 25.7 Å². The molecule has 1 atom stereocenters. The first-order chi connectivity index (χ1) is 12.6. The van der Waals surface area contributed by atoms with Crippen molar-refractivity contribution in [1.82, 2.24) is 0 Å². The van der Waals surface area contributed by atoms with Gasteiger partial charge in [0.1, 0.15) is 23.2 Å². The van der Waals surface area contributed by atoms with Crippen LogP contribution >= 0.6 is 0 Å². The van der Waals surface area contributed by atoms with E-state index in [1.165, 1.54) is 12.1 Å². The monoisotopic (exact) mass is 352 g/mol. The first kappa shape index (κ1) is 16.3. The van der Waals surface area contributed by atoms with Crippen molar-refractivity contribution in [3.63, 3.8) is 0 Å². The lowest BCUT2D eigenvalue weighted by Gasteiger charge is -2.10. The molecule has 6 nitrogen and oxygen atoms in total. The molecule has 1 unspecified atom stereocenters. The number of benzene rings is 2. The lowest BCUT2D eigenvalue weighted by molar-refractivity contribution is -0.133. The van der Waals surface area contributed by atoms with Crippen LogP contribution in [0.3, 0.4) is 0 Å². The van der Waals surface area contributed by atoms with Crippen LogP contribution in [0.15, 0.2) is 36.4 Å². The van der Waals surface area contributed by atoms with E-state index in [-0.39, 0.29) is 17.1 Å². The maximum absolute atomic E-state index is 12.4. The third-order valence-electron chi connectivity index (χ3n) is 4.48. The van der Waals surface area contributed by atoms with E-state index in [9.17, 15) is 14.4 Å². The number of rotatable bonds is 5. The molecule has 4 rings (SSSR count). The molecular formula is C20H16O6. The average molecular weight is 352 g/mol. The van der Waals surface area contributed by atoms with Crippen LogP contribution in [-0.4, -0.2) is 24.3 Å². The first-order valence-electron chi connectivity index (χ1n) is 8.47. The minimum Gasteiger partial charge on any atom is -0.494 e. The smallest absolute Gasteiger partial charge is 0.385 e. The van der Waals surface area contributed by atoms with Crippen LogP contribution in [0, 0.1) is 0 Å². The van der Waals surface area contributed by atoms with E-state index in [4.69, 9.17) is 14.2 Å². The molecule has 2 heterocycles. The molecule has 0 aliphatic carbocycles. The Balaban J connectivity index is 1.63. The summed E-state index contributed by atoms with van der Waals surface area (Å²) in [5.41, 5.74) is 1.45. The highest BCUT2D eigenvalue weighted by Gasteiger charge is 2.40. The largest absolute Gasteiger partial charge is 0.494 e. The number of hydrogen-bond donors (Lipinski definition) is 0. The van der Waals surface area contributed by atoms with Crippen LogP contribution in [0.5, 0.6) is 17.2 Å². The zero-order valence-electron chi connectivity index (χ0n) is 14.1. The molecule has 0 bridgehead atoms. The fourth-order valence-electron chi connectivity index (χ4n) is 3.11. The number of carbonyl (C=O) groups is 3. The minimum absolute atomic E-state index is 0.127. The summed E-state index contributed by atoms with van der Waals surface area (Å²) in [5.74, 6) is -1.51. The van der Waals surface area contributed by atoms with E-state index in [1.54, 1.807) is 0 Å². The number of ketones is 1. The van der Waals surface area contributed by atoms with Gasteiger partial charge in [0.2, 0.25) is 0 Å². The van der Waals surface area contributed by atoms with E-state index in [1.807, 2.05) is 24.3 Å². The third-order valence-corrected chi connectivity index (χ3v) is 4.48. The molecule has 0 spiro atoms. The SMILES string of the molecule is CCCCOc1ccc(C2C(=O)Oc3cc4c(cc32)OC(=O)C4=O)cc1. The highest BCUT2D eigenvalue weighted by molar-refractivity contribution is 6.44. The molecule has 0 aromatic heterocycles. The van der Waals surface area contributed by atoms with Crippen LogP contribution < -0.4 is 14.2 Å². The highest BCUT2D eigenvalue weighted by Crippen LogP contribution is 2.44. The van der Waals surface area contributed by atoms with E-state index >= 15 is 0 Å². The van der Waals surface area contributed by atoms with E-state index in [0.717, 1.165) is 24.2 Å². The molecule has 0 fully saturated rings. The Hall–Kier alpha value is -3.15. The summed E-state index contributed by atoms with van der Waals surface area (Å²) in [7, 11) is 0. The van der Waals surface area contributed by atoms with Gasteiger partial charge in [0.05, 0.1) is 12.2 Å². The lowest BCUT2D eigenvalue weighted by atomic mass is 9.91. The number of hydrogen-bond acceptors (Lipinski definition) is 6. The van der Waals surface area contributed by atoms with Gasteiger partial charge in [0, 0.05) is 5.56 Å². The number of ether oxygens (including phenoxy) is 3. The minimum atomic E-state index is -0.917. The summed E-state index contributed by atoms with van der Waals surface area (Å²) in [4.78, 5) is 35.5. The summed E-state index contributed by atoms with van der Waals surface area (Å²) in [6.07, 6.45) is 2.03. The Morgan fingerprint density at radius 1 is 1.00 bits per heavy atom. The highest BCUT2D eigenvalue weighted by atomic mass is 16.6. The quantitative estimate of drug-likeness (QED) is 0.356.